The second-order valence-electron chi connectivity index (χ2n) is 7.26. The second-order valence-corrected chi connectivity index (χ2v) is 7.26. The molecule has 2 rings (SSSR count). The van der Waals surface area contributed by atoms with E-state index in [4.69, 9.17) is 9.47 Å². The van der Waals surface area contributed by atoms with E-state index in [1.165, 1.54) is 5.56 Å². The Morgan fingerprint density at radius 3 is 2.21 bits per heavy atom. The van der Waals surface area contributed by atoms with Crippen LogP contribution in [0.4, 0.5) is 0 Å². The van der Waals surface area contributed by atoms with Crippen molar-refractivity contribution in [1.82, 2.24) is 5.32 Å². The maximum atomic E-state index is 5.54. The Kier molecular flexibility index (Phi) is 6.27. The van der Waals surface area contributed by atoms with Gasteiger partial charge in [0.1, 0.15) is 0 Å². The average Bonchev–Trinajstić information content (AvgIpc) is 2.57. The van der Waals surface area contributed by atoms with Gasteiger partial charge in [-0.05, 0) is 23.5 Å². The highest BCUT2D eigenvalue weighted by atomic mass is 16.5. The first-order chi connectivity index (χ1) is 11.4. The number of hydrogen-bond acceptors (Lipinski definition) is 3. The third-order valence-corrected chi connectivity index (χ3v) is 4.04. The number of methoxy groups -OCH3 is 2. The molecule has 0 aliphatic rings. The minimum Gasteiger partial charge on any atom is -0.493 e. The van der Waals surface area contributed by atoms with E-state index in [9.17, 15) is 0 Å². The highest BCUT2D eigenvalue weighted by Crippen LogP contribution is 2.33. The molecule has 2 aromatic carbocycles. The number of para-hydroxylation sites is 1. The van der Waals surface area contributed by atoms with Gasteiger partial charge >= 0.3 is 0 Å². The Bertz CT molecular complexity index is 632. The van der Waals surface area contributed by atoms with E-state index in [2.05, 4.69) is 62.5 Å². The molecule has 0 spiro atoms. The molecule has 2 aromatic rings. The lowest BCUT2D eigenvalue weighted by atomic mass is 9.85. The number of ether oxygens (including phenoxy) is 2. The van der Waals surface area contributed by atoms with Crippen LogP contribution in [0.25, 0.3) is 0 Å². The van der Waals surface area contributed by atoms with E-state index < -0.39 is 0 Å². The van der Waals surface area contributed by atoms with Gasteiger partial charge in [-0.2, -0.15) is 0 Å². The van der Waals surface area contributed by atoms with Crippen LogP contribution >= 0.6 is 0 Å². The van der Waals surface area contributed by atoms with Crippen molar-refractivity contribution in [2.24, 2.45) is 5.41 Å². The Morgan fingerprint density at radius 1 is 0.917 bits per heavy atom. The van der Waals surface area contributed by atoms with Gasteiger partial charge < -0.3 is 14.8 Å². The van der Waals surface area contributed by atoms with Crippen LogP contribution in [0, 0.1) is 5.41 Å². The number of benzene rings is 2. The van der Waals surface area contributed by atoms with Gasteiger partial charge in [-0.1, -0.05) is 63.2 Å². The molecule has 0 radical (unpaired) electrons. The maximum Gasteiger partial charge on any atom is 0.165 e. The molecule has 0 saturated carbocycles. The monoisotopic (exact) mass is 327 g/mol. The lowest BCUT2D eigenvalue weighted by Gasteiger charge is -2.28. The summed E-state index contributed by atoms with van der Waals surface area (Å²) in [4.78, 5) is 0. The van der Waals surface area contributed by atoms with E-state index >= 15 is 0 Å². The van der Waals surface area contributed by atoms with E-state index in [1.807, 2.05) is 12.1 Å². The van der Waals surface area contributed by atoms with Crippen LogP contribution < -0.4 is 14.8 Å². The zero-order chi connectivity index (χ0) is 17.6. The van der Waals surface area contributed by atoms with Crippen LogP contribution in [0.15, 0.2) is 48.5 Å². The van der Waals surface area contributed by atoms with Crippen molar-refractivity contribution in [3.8, 4) is 11.5 Å². The first-order valence-corrected chi connectivity index (χ1v) is 8.43. The van der Waals surface area contributed by atoms with Gasteiger partial charge in [-0.15, -0.1) is 0 Å². The summed E-state index contributed by atoms with van der Waals surface area (Å²) in [5, 5.41) is 3.70. The normalized spacial score (nSPS) is 12.7. The van der Waals surface area contributed by atoms with Crippen molar-refractivity contribution >= 4 is 0 Å². The minimum absolute atomic E-state index is 0.242. The van der Waals surface area contributed by atoms with Crippen LogP contribution in [0.1, 0.15) is 44.4 Å². The summed E-state index contributed by atoms with van der Waals surface area (Å²) in [6.07, 6.45) is 1.06. The number of nitrogens with one attached hydrogen (secondary N) is 1. The summed E-state index contributed by atoms with van der Waals surface area (Å²) in [6.45, 7) is 7.56. The molecule has 3 nitrogen and oxygen atoms in total. The van der Waals surface area contributed by atoms with Gasteiger partial charge in [-0.3, -0.25) is 0 Å². The summed E-state index contributed by atoms with van der Waals surface area (Å²) in [5.74, 6) is 1.57. The highest BCUT2D eigenvalue weighted by Gasteiger charge is 2.20. The van der Waals surface area contributed by atoms with Crippen molar-refractivity contribution in [2.45, 2.75) is 39.8 Å². The maximum absolute atomic E-state index is 5.54. The largest absolute Gasteiger partial charge is 0.493 e. The molecule has 0 fully saturated rings. The highest BCUT2D eigenvalue weighted by molar-refractivity contribution is 5.46. The topological polar surface area (TPSA) is 30.5 Å². The molecule has 1 atom stereocenters. The van der Waals surface area contributed by atoms with Crippen molar-refractivity contribution in [2.75, 3.05) is 14.2 Å². The number of rotatable bonds is 7. The average molecular weight is 327 g/mol. The molecule has 0 aromatic heterocycles. The molecular weight excluding hydrogens is 298 g/mol. The number of hydrogen-bond donors (Lipinski definition) is 1. The summed E-state index contributed by atoms with van der Waals surface area (Å²) < 4.78 is 10.9. The van der Waals surface area contributed by atoms with E-state index in [0.717, 1.165) is 30.0 Å². The van der Waals surface area contributed by atoms with Crippen LogP contribution in [-0.4, -0.2) is 14.2 Å². The van der Waals surface area contributed by atoms with Gasteiger partial charge in [-0.25, -0.2) is 0 Å². The predicted molar refractivity (Wildman–Crippen MR) is 99.6 cm³/mol. The SMILES string of the molecule is COc1cccc(CNC(CC(C)(C)C)c2ccccc2)c1OC. The van der Waals surface area contributed by atoms with Crippen molar-refractivity contribution in [3.63, 3.8) is 0 Å². The lowest BCUT2D eigenvalue weighted by Crippen LogP contribution is -2.25. The van der Waals surface area contributed by atoms with E-state index in [-0.39, 0.29) is 5.41 Å². The molecule has 3 heteroatoms. The predicted octanol–water partition coefficient (Wildman–Crippen LogP) is 4.97. The van der Waals surface area contributed by atoms with Crippen LogP contribution in [0.5, 0.6) is 11.5 Å². The molecule has 1 unspecified atom stereocenters. The summed E-state index contributed by atoms with van der Waals surface area (Å²) in [7, 11) is 3.35. The molecule has 0 saturated heterocycles. The first kappa shape index (κ1) is 18.3. The van der Waals surface area contributed by atoms with Crippen molar-refractivity contribution in [3.05, 3.63) is 59.7 Å². The Hall–Kier alpha value is -2.00. The third-order valence-electron chi connectivity index (χ3n) is 4.04. The van der Waals surface area contributed by atoms with Gasteiger partial charge in [0.2, 0.25) is 0 Å². The summed E-state index contributed by atoms with van der Waals surface area (Å²) in [5.41, 5.74) is 2.66. The minimum atomic E-state index is 0.242. The first-order valence-electron chi connectivity index (χ1n) is 8.43. The smallest absolute Gasteiger partial charge is 0.165 e. The lowest BCUT2D eigenvalue weighted by molar-refractivity contribution is 0.307. The van der Waals surface area contributed by atoms with E-state index in [1.54, 1.807) is 14.2 Å². The molecular formula is C21H29NO2. The molecule has 0 aliphatic carbocycles. The molecule has 130 valence electrons. The Morgan fingerprint density at radius 2 is 1.62 bits per heavy atom. The zero-order valence-electron chi connectivity index (χ0n) is 15.4. The van der Waals surface area contributed by atoms with Crippen LogP contribution in [-0.2, 0) is 6.54 Å². The zero-order valence-corrected chi connectivity index (χ0v) is 15.4. The quantitative estimate of drug-likeness (QED) is 0.779. The van der Waals surface area contributed by atoms with Gasteiger partial charge in [0.15, 0.2) is 11.5 Å². The molecule has 0 aliphatic heterocycles. The van der Waals surface area contributed by atoms with Gasteiger partial charge in [0, 0.05) is 18.2 Å². The third kappa shape index (κ3) is 5.00. The van der Waals surface area contributed by atoms with Crippen molar-refractivity contribution < 1.29 is 9.47 Å². The molecule has 0 bridgehead atoms. The molecule has 1 N–H and O–H groups in total. The van der Waals surface area contributed by atoms with Crippen molar-refractivity contribution in [1.29, 1.82) is 0 Å². The van der Waals surface area contributed by atoms with Crippen LogP contribution in [0.3, 0.4) is 0 Å². The molecule has 24 heavy (non-hydrogen) atoms. The Balaban J connectivity index is 2.19. The fourth-order valence-corrected chi connectivity index (χ4v) is 2.93. The van der Waals surface area contributed by atoms with Gasteiger partial charge in [0.25, 0.3) is 0 Å². The fourth-order valence-electron chi connectivity index (χ4n) is 2.93. The second kappa shape index (κ2) is 8.20. The molecule has 0 heterocycles. The van der Waals surface area contributed by atoms with Gasteiger partial charge in [0.05, 0.1) is 14.2 Å². The van der Waals surface area contributed by atoms with E-state index in [0.29, 0.717) is 6.04 Å². The molecule has 0 amide bonds. The van der Waals surface area contributed by atoms with Crippen LogP contribution in [0.2, 0.25) is 0 Å². The summed E-state index contributed by atoms with van der Waals surface area (Å²) >= 11 is 0. The Labute approximate surface area is 146 Å². The fraction of sp³-hybridized carbons (Fsp3) is 0.429. The standard InChI is InChI=1S/C21H29NO2/c1-21(2,3)14-18(16-10-7-6-8-11-16)22-15-17-12-9-13-19(23-4)20(17)24-5/h6-13,18,22H,14-15H2,1-5H3. The summed E-state index contributed by atoms with van der Waals surface area (Å²) in [6, 6.07) is 16.9.